The van der Waals surface area contributed by atoms with Crippen LogP contribution in [0.2, 0.25) is 0 Å². The standard InChI is InChI=1S/C14H24N2O2/c1-2-15-11-14-13(5-9-18-14)12-17-10-8-16-6-3-4-7-16/h5,9,15H,2-4,6-8,10-12H2,1H3. The summed E-state index contributed by atoms with van der Waals surface area (Å²) in [6.45, 7) is 8.83. The second-order valence-electron chi connectivity index (χ2n) is 4.75. The molecule has 1 aromatic heterocycles. The van der Waals surface area contributed by atoms with Gasteiger partial charge in [0.1, 0.15) is 5.76 Å². The minimum atomic E-state index is 0.658. The molecule has 0 radical (unpaired) electrons. The molecule has 0 bridgehead atoms. The van der Waals surface area contributed by atoms with E-state index in [1.807, 2.05) is 6.07 Å². The summed E-state index contributed by atoms with van der Waals surface area (Å²) in [6, 6.07) is 2.00. The van der Waals surface area contributed by atoms with E-state index >= 15 is 0 Å². The third kappa shape index (κ3) is 4.12. The van der Waals surface area contributed by atoms with Crippen LogP contribution < -0.4 is 5.32 Å². The van der Waals surface area contributed by atoms with Gasteiger partial charge in [0, 0.05) is 12.1 Å². The molecule has 1 saturated heterocycles. The fraction of sp³-hybridized carbons (Fsp3) is 0.714. The van der Waals surface area contributed by atoms with Crippen LogP contribution in [0.3, 0.4) is 0 Å². The number of hydrogen-bond donors (Lipinski definition) is 1. The zero-order valence-corrected chi connectivity index (χ0v) is 11.3. The molecule has 1 aliphatic heterocycles. The summed E-state index contributed by atoms with van der Waals surface area (Å²) >= 11 is 0. The van der Waals surface area contributed by atoms with Crippen LogP contribution in [-0.2, 0) is 17.9 Å². The maximum atomic E-state index is 5.73. The molecule has 1 N–H and O–H groups in total. The van der Waals surface area contributed by atoms with Crippen LogP contribution >= 0.6 is 0 Å². The van der Waals surface area contributed by atoms with Crippen molar-refractivity contribution in [3.05, 3.63) is 23.7 Å². The SMILES string of the molecule is CCNCc1occc1COCCN1CCCC1. The Morgan fingerprint density at radius 2 is 2.22 bits per heavy atom. The van der Waals surface area contributed by atoms with Crippen molar-refractivity contribution in [2.45, 2.75) is 32.9 Å². The van der Waals surface area contributed by atoms with Crippen molar-refractivity contribution in [3.8, 4) is 0 Å². The highest BCUT2D eigenvalue weighted by Crippen LogP contribution is 2.12. The molecule has 18 heavy (non-hydrogen) atoms. The van der Waals surface area contributed by atoms with E-state index in [-0.39, 0.29) is 0 Å². The summed E-state index contributed by atoms with van der Waals surface area (Å²) in [7, 11) is 0. The minimum absolute atomic E-state index is 0.658. The fourth-order valence-corrected chi connectivity index (χ4v) is 2.27. The van der Waals surface area contributed by atoms with Crippen LogP contribution in [0.4, 0.5) is 0 Å². The molecule has 4 heteroatoms. The smallest absolute Gasteiger partial charge is 0.123 e. The van der Waals surface area contributed by atoms with Gasteiger partial charge < -0.3 is 19.4 Å². The first-order chi connectivity index (χ1) is 8.90. The van der Waals surface area contributed by atoms with Gasteiger partial charge >= 0.3 is 0 Å². The molecular formula is C14H24N2O2. The van der Waals surface area contributed by atoms with Crippen molar-refractivity contribution in [1.82, 2.24) is 10.2 Å². The van der Waals surface area contributed by atoms with Crippen LogP contribution in [0.1, 0.15) is 31.1 Å². The van der Waals surface area contributed by atoms with Crippen molar-refractivity contribution in [3.63, 3.8) is 0 Å². The molecule has 0 unspecified atom stereocenters. The molecule has 2 heterocycles. The first kappa shape index (κ1) is 13.6. The van der Waals surface area contributed by atoms with E-state index in [4.69, 9.17) is 9.15 Å². The largest absolute Gasteiger partial charge is 0.468 e. The predicted octanol–water partition coefficient (Wildman–Crippen LogP) is 2.00. The summed E-state index contributed by atoms with van der Waals surface area (Å²) < 4.78 is 11.2. The molecule has 0 saturated carbocycles. The first-order valence-corrected chi connectivity index (χ1v) is 6.96. The van der Waals surface area contributed by atoms with Crippen molar-refractivity contribution < 1.29 is 9.15 Å². The highest BCUT2D eigenvalue weighted by molar-refractivity contribution is 5.15. The van der Waals surface area contributed by atoms with Crippen molar-refractivity contribution in [1.29, 1.82) is 0 Å². The Labute approximate surface area is 109 Å². The average Bonchev–Trinajstić information content (AvgIpc) is 3.03. The van der Waals surface area contributed by atoms with Crippen molar-refractivity contribution in [2.24, 2.45) is 0 Å². The average molecular weight is 252 g/mol. The third-order valence-electron chi connectivity index (χ3n) is 3.38. The van der Waals surface area contributed by atoms with Gasteiger partial charge in [0.05, 0.1) is 26.0 Å². The summed E-state index contributed by atoms with van der Waals surface area (Å²) in [4.78, 5) is 2.47. The molecule has 1 fully saturated rings. The maximum Gasteiger partial charge on any atom is 0.123 e. The lowest BCUT2D eigenvalue weighted by Crippen LogP contribution is -2.24. The Bertz CT molecular complexity index is 332. The zero-order chi connectivity index (χ0) is 12.6. The van der Waals surface area contributed by atoms with Gasteiger partial charge in [-0.3, -0.25) is 0 Å². The maximum absolute atomic E-state index is 5.73. The summed E-state index contributed by atoms with van der Waals surface area (Å²) in [6.07, 6.45) is 4.43. The van der Waals surface area contributed by atoms with E-state index in [0.29, 0.717) is 6.61 Å². The number of ether oxygens (including phenoxy) is 1. The molecule has 4 nitrogen and oxygen atoms in total. The highest BCUT2D eigenvalue weighted by Gasteiger charge is 2.11. The molecule has 1 aliphatic rings. The molecule has 102 valence electrons. The lowest BCUT2D eigenvalue weighted by molar-refractivity contribution is 0.0982. The summed E-state index contributed by atoms with van der Waals surface area (Å²) in [5, 5.41) is 3.27. The van der Waals surface area contributed by atoms with E-state index < -0.39 is 0 Å². The second-order valence-corrected chi connectivity index (χ2v) is 4.75. The van der Waals surface area contributed by atoms with Gasteiger partial charge in [-0.15, -0.1) is 0 Å². The van der Waals surface area contributed by atoms with Crippen LogP contribution in [0, 0.1) is 0 Å². The quantitative estimate of drug-likeness (QED) is 0.718. The molecule has 0 atom stereocenters. The van der Waals surface area contributed by atoms with Gasteiger partial charge in [0.2, 0.25) is 0 Å². The molecule has 2 rings (SSSR count). The van der Waals surface area contributed by atoms with Crippen LogP contribution in [0.15, 0.2) is 16.7 Å². The summed E-state index contributed by atoms with van der Waals surface area (Å²) in [5.74, 6) is 0.998. The predicted molar refractivity (Wildman–Crippen MR) is 71.4 cm³/mol. The van der Waals surface area contributed by atoms with Gasteiger partial charge in [-0.05, 0) is 38.5 Å². The van der Waals surface area contributed by atoms with Crippen LogP contribution in [0.5, 0.6) is 0 Å². The summed E-state index contributed by atoms with van der Waals surface area (Å²) in [5.41, 5.74) is 1.16. The number of furan rings is 1. The van der Waals surface area contributed by atoms with Crippen molar-refractivity contribution >= 4 is 0 Å². The Morgan fingerprint density at radius 1 is 1.39 bits per heavy atom. The Balaban J connectivity index is 1.64. The number of nitrogens with one attached hydrogen (secondary N) is 1. The van der Waals surface area contributed by atoms with Gasteiger partial charge in [-0.2, -0.15) is 0 Å². The van der Waals surface area contributed by atoms with E-state index in [0.717, 1.165) is 37.6 Å². The van der Waals surface area contributed by atoms with Crippen LogP contribution in [0.25, 0.3) is 0 Å². The van der Waals surface area contributed by atoms with E-state index in [1.54, 1.807) is 6.26 Å². The van der Waals surface area contributed by atoms with Gasteiger partial charge in [0.25, 0.3) is 0 Å². The molecule has 0 amide bonds. The van der Waals surface area contributed by atoms with Gasteiger partial charge in [0.15, 0.2) is 0 Å². The van der Waals surface area contributed by atoms with Crippen LogP contribution in [-0.4, -0.2) is 37.7 Å². The Hall–Kier alpha value is -0.840. The fourth-order valence-electron chi connectivity index (χ4n) is 2.27. The molecule has 0 aliphatic carbocycles. The lowest BCUT2D eigenvalue weighted by atomic mass is 10.2. The molecular weight excluding hydrogens is 228 g/mol. The number of rotatable bonds is 8. The third-order valence-corrected chi connectivity index (χ3v) is 3.38. The minimum Gasteiger partial charge on any atom is -0.468 e. The molecule has 1 aromatic rings. The van der Waals surface area contributed by atoms with Gasteiger partial charge in [-0.1, -0.05) is 6.92 Å². The van der Waals surface area contributed by atoms with E-state index in [1.165, 1.54) is 25.9 Å². The zero-order valence-electron chi connectivity index (χ0n) is 11.3. The van der Waals surface area contributed by atoms with E-state index in [2.05, 4.69) is 17.1 Å². The Morgan fingerprint density at radius 3 is 3.00 bits per heavy atom. The first-order valence-electron chi connectivity index (χ1n) is 6.96. The number of likely N-dealkylation sites (tertiary alicyclic amines) is 1. The number of hydrogen-bond acceptors (Lipinski definition) is 4. The Kier molecular flexibility index (Phi) is 5.71. The highest BCUT2D eigenvalue weighted by atomic mass is 16.5. The second kappa shape index (κ2) is 7.56. The topological polar surface area (TPSA) is 37.6 Å². The lowest BCUT2D eigenvalue weighted by Gasteiger charge is -2.14. The van der Waals surface area contributed by atoms with E-state index in [9.17, 15) is 0 Å². The monoisotopic (exact) mass is 252 g/mol. The molecule has 0 spiro atoms. The molecule has 0 aromatic carbocycles. The van der Waals surface area contributed by atoms with Gasteiger partial charge in [-0.25, -0.2) is 0 Å². The normalized spacial score (nSPS) is 16.5. The number of nitrogens with zero attached hydrogens (tertiary/aromatic N) is 1. The van der Waals surface area contributed by atoms with Crippen molar-refractivity contribution in [2.75, 3.05) is 32.8 Å².